The molecule has 2 N–H and O–H groups in total. The van der Waals surface area contributed by atoms with Gasteiger partial charge in [-0.1, -0.05) is 26.3 Å². The second-order valence-corrected chi connectivity index (χ2v) is 10.7. The van der Waals surface area contributed by atoms with E-state index in [9.17, 15) is 14.7 Å². The molecular formula is C24H36O4. The van der Waals surface area contributed by atoms with E-state index in [4.69, 9.17) is 5.11 Å². The van der Waals surface area contributed by atoms with Crippen LogP contribution in [0.5, 0.6) is 0 Å². The summed E-state index contributed by atoms with van der Waals surface area (Å²) >= 11 is 0. The molecule has 7 atom stereocenters. The maximum absolute atomic E-state index is 13.5. The minimum Gasteiger partial charge on any atom is -0.481 e. The third kappa shape index (κ3) is 2.98. The Bertz CT molecular complexity index is 709. The zero-order valence-corrected chi connectivity index (χ0v) is 17.7. The summed E-state index contributed by atoms with van der Waals surface area (Å²) in [5, 5.41) is 19.2. The van der Waals surface area contributed by atoms with E-state index in [0.29, 0.717) is 42.3 Å². The van der Waals surface area contributed by atoms with Crippen LogP contribution in [0.3, 0.4) is 0 Å². The maximum Gasteiger partial charge on any atom is 0.303 e. The molecular weight excluding hydrogens is 352 g/mol. The van der Waals surface area contributed by atoms with Crippen molar-refractivity contribution in [2.45, 2.75) is 91.1 Å². The molecule has 0 heterocycles. The molecule has 156 valence electrons. The van der Waals surface area contributed by atoms with Crippen molar-refractivity contribution < 1.29 is 19.8 Å². The minimum atomic E-state index is -0.720. The van der Waals surface area contributed by atoms with E-state index in [1.807, 2.05) is 0 Å². The average molecular weight is 389 g/mol. The number of hydrogen-bond acceptors (Lipinski definition) is 3. The summed E-state index contributed by atoms with van der Waals surface area (Å²) in [5.41, 5.74) is 2.54. The highest BCUT2D eigenvalue weighted by molar-refractivity contribution is 5.99. The first-order valence-electron chi connectivity index (χ1n) is 11.3. The molecule has 0 spiro atoms. The Labute approximate surface area is 168 Å². The summed E-state index contributed by atoms with van der Waals surface area (Å²) in [5.74, 6) is 1.35. The van der Waals surface area contributed by atoms with Gasteiger partial charge in [0.25, 0.3) is 0 Å². The molecule has 4 nitrogen and oxygen atoms in total. The molecule has 0 aromatic carbocycles. The van der Waals surface area contributed by atoms with E-state index < -0.39 is 5.97 Å². The predicted molar refractivity (Wildman–Crippen MR) is 108 cm³/mol. The first-order valence-corrected chi connectivity index (χ1v) is 11.3. The van der Waals surface area contributed by atoms with Gasteiger partial charge in [0.1, 0.15) is 0 Å². The van der Waals surface area contributed by atoms with Crippen molar-refractivity contribution in [2.24, 2.45) is 34.5 Å². The Morgan fingerprint density at radius 3 is 2.68 bits per heavy atom. The molecule has 0 bridgehead atoms. The van der Waals surface area contributed by atoms with Crippen molar-refractivity contribution >= 4 is 11.8 Å². The van der Waals surface area contributed by atoms with Crippen molar-refractivity contribution in [1.82, 2.24) is 0 Å². The Kier molecular flexibility index (Phi) is 5.01. The number of carbonyl (C=O) groups excluding carboxylic acids is 1. The summed E-state index contributed by atoms with van der Waals surface area (Å²) in [7, 11) is 0. The summed E-state index contributed by atoms with van der Waals surface area (Å²) in [6.45, 7) is 6.80. The topological polar surface area (TPSA) is 74.6 Å². The van der Waals surface area contributed by atoms with E-state index in [1.165, 1.54) is 5.57 Å². The fourth-order valence-corrected chi connectivity index (χ4v) is 7.82. The average Bonchev–Trinajstić information content (AvgIpc) is 2.96. The van der Waals surface area contributed by atoms with Crippen LogP contribution in [0.4, 0.5) is 0 Å². The lowest BCUT2D eigenvalue weighted by Gasteiger charge is -2.54. The molecule has 4 heteroatoms. The highest BCUT2D eigenvalue weighted by Gasteiger charge is 2.58. The SMILES string of the molecule is C[C@H](CCC(=O)O)[C@H]1CC[C@H]2C3=C(C(=O)C[C@]12C)[C@@]1(C)CC[C@H](O)C[C@H]1CC3. The van der Waals surface area contributed by atoms with Gasteiger partial charge >= 0.3 is 5.97 Å². The lowest BCUT2D eigenvalue weighted by Crippen LogP contribution is -2.48. The van der Waals surface area contributed by atoms with Crippen molar-refractivity contribution in [3.05, 3.63) is 11.1 Å². The van der Waals surface area contributed by atoms with Crippen LogP contribution in [0.1, 0.15) is 85.0 Å². The fraction of sp³-hybridized carbons (Fsp3) is 0.833. The number of rotatable bonds is 4. The lowest BCUT2D eigenvalue weighted by atomic mass is 9.50. The standard InChI is InChI=1S/C24H36O4/c1-14(4-9-21(27)28)18-7-8-19-17-6-5-15-12-16(25)10-11-23(15,2)22(17)20(26)13-24(18,19)3/h14-16,18-19,25H,4-13H2,1-3H3,(H,27,28)/t14-,15-,16+,18-,19+,23+,24-/m1/s1. The lowest BCUT2D eigenvalue weighted by molar-refractivity contribution is -0.137. The van der Waals surface area contributed by atoms with E-state index in [0.717, 1.165) is 50.5 Å². The number of fused-ring (bicyclic) bond motifs is 4. The van der Waals surface area contributed by atoms with Gasteiger partial charge in [0, 0.05) is 18.4 Å². The number of carbonyl (C=O) groups is 2. The normalized spacial score (nSPS) is 43.9. The number of Topliss-reactive ketones (excluding diaryl/α,β-unsaturated/α-hetero) is 1. The van der Waals surface area contributed by atoms with Crippen molar-refractivity contribution in [2.75, 3.05) is 0 Å². The van der Waals surface area contributed by atoms with Gasteiger partial charge in [0.15, 0.2) is 5.78 Å². The van der Waals surface area contributed by atoms with Crippen LogP contribution in [-0.4, -0.2) is 28.1 Å². The highest BCUT2D eigenvalue weighted by atomic mass is 16.4. The summed E-state index contributed by atoms with van der Waals surface area (Å²) in [4.78, 5) is 24.6. The summed E-state index contributed by atoms with van der Waals surface area (Å²) < 4.78 is 0. The molecule has 0 aromatic rings. The van der Waals surface area contributed by atoms with Gasteiger partial charge < -0.3 is 10.2 Å². The van der Waals surface area contributed by atoms with Crippen LogP contribution in [0.15, 0.2) is 11.1 Å². The molecule has 28 heavy (non-hydrogen) atoms. The number of aliphatic hydroxyl groups excluding tert-OH is 1. The molecule has 0 aliphatic heterocycles. The van der Waals surface area contributed by atoms with Crippen LogP contribution >= 0.6 is 0 Å². The van der Waals surface area contributed by atoms with E-state index >= 15 is 0 Å². The zero-order chi connectivity index (χ0) is 20.3. The largest absolute Gasteiger partial charge is 0.481 e. The molecule has 4 aliphatic carbocycles. The van der Waals surface area contributed by atoms with Gasteiger partial charge in [-0.3, -0.25) is 9.59 Å². The van der Waals surface area contributed by atoms with E-state index in [1.54, 1.807) is 0 Å². The predicted octanol–water partition coefficient (Wildman–Crippen LogP) is 4.75. The molecule has 0 saturated heterocycles. The summed E-state index contributed by atoms with van der Waals surface area (Å²) in [6, 6.07) is 0. The highest BCUT2D eigenvalue weighted by Crippen LogP contribution is 2.65. The van der Waals surface area contributed by atoms with Crippen molar-refractivity contribution in [3.8, 4) is 0 Å². The molecule has 0 unspecified atom stereocenters. The van der Waals surface area contributed by atoms with E-state index in [2.05, 4.69) is 20.8 Å². The number of ketones is 1. The van der Waals surface area contributed by atoms with Gasteiger partial charge in [0.2, 0.25) is 0 Å². The monoisotopic (exact) mass is 388 g/mol. The Hall–Kier alpha value is -1.16. The van der Waals surface area contributed by atoms with Gasteiger partial charge in [0.05, 0.1) is 6.10 Å². The molecule has 0 aromatic heterocycles. The quantitative estimate of drug-likeness (QED) is 0.729. The number of carboxylic acid groups (broad SMARTS) is 1. The first-order chi connectivity index (χ1) is 13.2. The van der Waals surface area contributed by atoms with Crippen molar-refractivity contribution in [3.63, 3.8) is 0 Å². The number of allylic oxidation sites excluding steroid dienone is 2. The van der Waals surface area contributed by atoms with Crippen LogP contribution in [0.25, 0.3) is 0 Å². The van der Waals surface area contributed by atoms with Crippen LogP contribution < -0.4 is 0 Å². The number of carboxylic acids is 1. The fourth-order valence-electron chi connectivity index (χ4n) is 7.82. The maximum atomic E-state index is 13.5. The van der Waals surface area contributed by atoms with Crippen molar-refractivity contribution in [1.29, 1.82) is 0 Å². The van der Waals surface area contributed by atoms with Crippen LogP contribution in [0.2, 0.25) is 0 Å². The summed E-state index contributed by atoms with van der Waals surface area (Å²) in [6.07, 6.45) is 8.34. The third-order valence-electron chi connectivity index (χ3n) is 9.26. The smallest absolute Gasteiger partial charge is 0.303 e. The second-order valence-electron chi connectivity index (χ2n) is 10.7. The Morgan fingerprint density at radius 2 is 1.96 bits per heavy atom. The van der Waals surface area contributed by atoms with Crippen LogP contribution in [0, 0.1) is 34.5 Å². The van der Waals surface area contributed by atoms with E-state index in [-0.39, 0.29) is 23.4 Å². The number of aliphatic hydroxyl groups is 1. The van der Waals surface area contributed by atoms with Gasteiger partial charge in [-0.2, -0.15) is 0 Å². The molecule has 4 rings (SSSR count). The molecule has 4 aliphatic rings. The minimum absolute atomic E-state index is 0.00872. The number of hydrogen-bond donors (Lipinski definition) is 2. The first kappa shape index (κ1) is 20.1. The molecule has 0 amide bonds. The van der Waals surface area contributed by atoms with Gasteiger partial charge in [-0.25, -0.2) is 0 Å². The Morgan fingerprint density at radius 1 is 1.21 bits per heavy atom. The third-order valence-corrected chi connectivity index (χ3v) is 9.26. The Balaban J connectivity index is 1.64. The van der Waals surface area contributed by atoms with Gasteiger partial charge in [-0.05, 0) is 85.9 Å². The molecule has 2 fully saturated rings. The molecule has 2 saturated carbocycles. The van der Waals surface area contributed by atoms with Crippen LogP contribution in [-0.2, 0) is 9.59 Å². The second kappa shape index (κ2) is 6.97. The molecule has 0 radical (unpaired) electrons. The van der Waals surface area contributed by atoms with Gasteiger partial charge in [-0.15, -0.1) is 0 Å². The number of aliphatic carboxylic acids is 1. The zero-order valence-electron chi connectivity index (χ0n) is 17.7.